The van der Waals surface area contributed by atoms with Crippen LogP contribution >= 0.6 is 0 Å². The third-order valence-corrected chi connectivity index (χ3v) is 2.51. The number of fused-ring (bicyclic) bond motifs is 1. The van der Waals surface area contributed by atoms with Crippen molar-refractivity contribution in [1.29, 1.82) is 5.26 Å². The van der Waals surface area contributed by atoms with Crippen LogP contribution < -0.4 is 9.47 Å². The van der Waals surface area contributed by atoms with Gasteiger partial charge >= 0.3 is 0 Å². The summed E-state index contributed by atoms with van der Waals surface area (Å²) >= 11 is 0. The summed E-state index contributed by atoms with van der Waals surface area (Å²) < 4.78 is 24.4. The largest absolute Gasteiger partial charge is 0.454 e. The summed E-state index contributed by atoms with van der Waals surface area (Å²) in [7, 11) is 0. The Morgan fingerprint density at radius 1 is 1.38 bits per heavy atom. The third-order valence-electron chi connectivity index (χ3n) is 2.51. The van der Waals surface area contributed by atoms with Crippen molar-refractivity contribution in [3.05, 3.63) is 23.3 Å². The highest BCUT2D eigenvalue weighted by atomic mass is 19.1. The number of hydrogen-bond donors (Lipinski definition) is 0. The van der Waals surface area contributed by atoms with E-state index in [4.69, 9.17) is 14.7 Å². The van der Waals surface area contributed by atoms with Crippen LogP contribution in [0.1, 0.15) is 25.0 Å². The fourth-order valence-electron chi connectivity index (χ4n) is 1.77. The molecule has 2 rings (SSSR count). The third kappa shape index (κ3) is 1.81. The Labute approximate surface area is 93.4 Å². The molecular weight excluding hydrogens is 209 g/mol. The zero-order chi connectivity index (χ0) is 11.8. The number of benzene rings is 1. The van der Waals surface area contributed by atoms with E-state index in [1.54, 1.807) is 12.1 Å². The van der Waals surface area contributed by atoms with Crippen molar-refractivity contribution in [3.63, 3.8) is 0 Å². The second kappa shape index (κ2) is 3.67. The van der Waals surface area contributed by atoms with Gasteiger partial charge < -0.3 is 9.47 Å². The van der Waals surface area contributed by atoms with Crippen molar-refractivity contribution >= 4 is 0 Å². The van der Waals surface area contributed by atoms with Gasteiger partial charge in [0.2, 0.25) is 6.79 Å². The van der Waals surface area contributed by atoms with Gasteiger partial charge in [0, 0.05) is 0 Å². The van der Waals surface area contributed by atoms with E-state index in [1.165, 1.54) is 13.8 Å². The van der Waals surface area contributed by atoms with Gasteiger partial charge in [0.15, 0.2) is 11.5 Å². The molecule has 84 valence electrons. The van der Waals surface area contributed by atoms with Crippen LogP contribution in [-0.4, -0.2) is 6.79 Å². The first-order valence-corrected chi connectivity index (χ1v) is 5.01. The maximum atomic E-state index is 14.0. The molecule has 1 aromatic rings. The molecule has 0 saturated heterocycles. The van der Waals surface area contributed by atoms with Crippen molar-refractivity contribution in [3.8, 4) is 17.6 Å². The van der Waals surface area contributed by atoms with Gasteiger partial charge in [-0.3, -0.25) is 0 Å². The molecule has 0 unspecified atom stereocenters. The highest BCUT2D eigenvalue weighted by molar-refractivity contribution is 5.51. The zero-order valence-electron chi connectivity index (χ0n) is 9.21. The van der Waals surface area contributed by atoms with E-state index in [0.29, 0.717) is 22.6 Å². The molecule has 0 atom stereocenters. The average molecular weight is 221 g/mol. The maximum absolute atomic E-state index is 14.0. The van der Waals surface area contributed by atoms with Gasteiger partial charge in [-0.15, -0.1) is 0 Å². The summed E-state index contributed by atoms with van der Waals surface area (Å²) in [5, 5.41) is 8.71. The molecule has 0 bridgehead atoms. The lowest BCUT2D eigenvalue weighted by Crippen LogP contribution is -2.12. The minimum atomic E-state index is -1.49. The first kappa shape index (κ1) is 10.7. The van der Waals surface area contributed by atoms with Crippen LogP contribution in [0.4, 0.5) is 4.39 Å². The van der Waals surface area contributed by atoms with Crippen molar-refractivity contribution in [2.75, 3.05) is 6.79 Å². The van der Waals surface area contributed by atoms with Gasteiger partial charge in [0.05, 0.1) is 12.5 Å². The molecule has 0 N–H and O–H groups in total. The number of hydrogen-bond acceptors (Lipinski definition) is 3. The highest BCUT2D eigenvalue weighted by Crippen LogP contribution is 2.39. The van der Waals surface area contributed by atoms with Crippen molar-refractivity contribution in [1.82, 2.24) is 0 Å². The Morgan fingerprint density at radius 2 is 2.00 bits per heavy atom. The van der Waals surface area contributed by atoms with Crippen molar-refractivity contribution < 1.29 is 13.9 Å². The fraction of sp³-hybridized carbons (Fsp3) is 0.417. The van der Waals surface area contributed by atoms with Crippen LogP contribution in [-0.2, 0) is 12.1 Å². The summed E-state index contributed by atoms with van der Waals surface area (Å²) in [5.41, 5.74) is -0.356. The fourth-order valence-corrected chi connectivity index (χ4v) is 1.77. The molecule has 0 spiro atoms. The minimum Gasteiger partial charge on any atom is -0.454 e. The molecule has 1 heterocycles. The summed E-state index contributed by atoms with van der Waals surface area (Å²) in [6.45, 7) is 3.08. The summed E-state index contributed by atoms with van der Waals surface area (Å²) in [4.78, 5) is 0. The molecule has 4 heteroatoms. The van der Waals surface area contributed by atoms with Gasteiger partial charge in [-0.2, -0.15) is 5.26 Å². The predicted molar refractivity (Wildman–Crippen MR) is 56.0 cm³/mol. The van der Waals surface area contributed by atoms with Crippen LogP contribution in [0, 0.1) is 11.3 Å². The molecule has 1 aliphatic heterocycles. The number of rotatable bonds is 2. The minimum absolute atomic E-state index is 0.150. The van der Waals surface area contributed by atoms with Crippen molar-refractivity contribution in [2.24, 2.45) is 0 Å². The first-order chi connectivity index (χ1) is 7.52. The molecule has 0 aromatic heterocycles. The number of nitrogens with zero attached hydrogens (tertiary/aromatic N) is 1. The van der Waals surface area contributed by atoms with E-state index in [-0.39, 0.29) is 13.2 Å². The molecular formula is C12H12FNO2. The van der Waals surface area contributed by atoms with Crippen LogP contribution in [0.5, 0.6) is 11.5 Å². The topological polar surface area (TPSA) is 42.2 Å². The first-order valence-electron chi connectivity index (χ1n) is 5.01. The lowest BCUT2D eigenvalue weighted by molar-refractivity contribution is 0.173. The smallest absolute Gasteiger partial charge is 0.231 e. The normalized spacial score (nSPS) is 13.6. The number of alkyl halides is 1. The number of ether oxygens (including phenoxy) is 2. The van der Waals surface area contributed by atoms with Crippen LogP contribution in [0.15, 0.2) is 12.1 Å². The summed E-state index contributed by atoms with van der Waals surface area (Å²) in [6.07, 6.45) is 0.166. The van der Waals surface area contributed by atoms with Gasteiger partial charge in [-0.05, 0) is 37.1 Å². The van der Waals surface area contributed by atoms with Crippen LogP contribution in [0.3, 0.4) is 0 Å². The Bertz CT molecular complexity index is 457. The van der Waals surface area contributed by atoms with E-state index >= 15 is 0 Å². The molecule has 1 aromatic carbocycles. The van der Waals surface area contributed by atoms with Gasteiger partial charge in [0.25, 0.3) is 0 Å². The van der Waals surface area contributed by atoms with Gasteiger partial charge in [0.1, 0.15) is 5.67 Å². The van der Waals surface area contributed by atoms with E-state index in [9.17, 15) is 4.39 Å². The molecule has 1 aliphatic rings. The molecule has 3 nitrogen and oxygen atoms in total. The monoisotopic (exact) mass is 221 g/mol. The lowest BCUT2D eigenvalue weighted by atomic mass is 9.92. The quantitative estimate of drug-likeness (QED) is 0.771. The standard InChI is InChI=1S/C12H12FNO2/c1-12(2,13)9-6-11-10(15-7-16-11)5-8(9)3-4-14/h5-6H,3,7H2,1-2H3. The Hall–Kier alpha value is -1.76. The van der Waals surface area contributed by atoms with Crippen LogP contribution in [0.2, 0.25) is 0 Å². The number of nitriles is 1. The lowest BCUT2D eigenvalue weighted by Gasteiger charge is -2.18. The second-order valence-electron chi connectivity index (χ2n) is 4.17. The van der Waals surface area contributed by atoms with Gasteiger partial charge in [-0.25, -0.2) is 4.39 Å². The highest BCUT2D eigenvalue weighted by Gasteiger charge is 2.26. The Morgan fingerprint density at radius 3 is 2.56 bits per heavy atom. The van der Waals surface area contributed by atoms with E-state index < -0.39 is 5.67 Å². The molecule has 0 radical (unpaired) electrons. The Kier molecular flexibility index (Phi) is 2.47. The maximum Gasteiger partial charge on any atom is 0.231 e. The van der Waals surface area contributed by atoms with Crippen molar-refractivity contribution in [2.45, 2.75) is 25.9 Å². The predicted octanol–water partition coefficient (Wildman–Crippen LogP) is 2.69. The molecule has 16 heavy (non-hydrogen) atoms. The second-order valence-corrected chi connectivity index (χ2v) is 4.17. The van der Waals surface area contributed by atoms with E-state index in [0.717, 1.165) is 0 Å². The van der Waals surface area contributed by atoms with E-state index in [1.807, 2.05) is 6.07 Å². The summed E-state index contributed by atoms with van der Waals surface area (Å²) in [6, 6.07) is 5.33. The zero-order valence-corrected chi connectivity index (χ0v) is 9.21. The number of halogens is 1. The van der Waals surface area contributed by atoms with Crippen LogP contribution in [0.25, 0.3) is 0 Å². The molecule has 0 fully saturated rings. The molecule has 0 aliphatic carbocycles. The average Bonchev–Trinajstić information content (AvgIpc) is 2.62. The summed E-state index contributed by atoms with van der Waals surface area (Å²) in [5.74, 6) is 1.13. The SMILES string of the molecule is CC(C)(F)c1cc2c(cc1CC#N)OCO2. The van der Waals surface area contributed by atoms with Gasteiger partial charge in [-0.1, -0.05) is 0 Å². The van der Waals surface area contributed by atoms with E-state index in [2.05, 4.69) is 0 Å². The molecule has 0 saturated carbocycles. The molecule has 0 amide bonds. The Balaban J connectivity index is 2.54.